The topological polar surface area (TPSA) is 60.2 Å². The molecule has 0 aromatic heterocycles. The van der Waals surface area contributed by atoms with E-state index in [2.05, 4.69) is 0 Å². The molecule has 1 aliphatic rings. The summed E-state index contributed by atoms with van der Waals surface area (Å²) in [7, 11) is -2.95. The third kappa shape index (κ3) is 1.97. The summed E-state index contributed by atoms with van der Waals surface area (Å²) in [6.45, 7) is 0.409. The molecule has 5 heteroatoms. The highest BCUT2D eigenvalue weighted by Crippen LogP contribution is 2.39. The van der Waals surface area contributed by atoms with Gasteiger partial charge in [0.25, 0.3) is 0 Å². The number of nitrogens with two attached hydrogens (primary N) is 1. The third-order valence-electron chi connectivity index (χ3n) is 3.05. The van der Waals surface area contributed by atoms with Crippen LogP contribution in [0.3, 0.4) is 0 Å². The van der Waals surface area contributed by atoms with Crippen molar-refractivity contribution in [2.45, 2.75) is 11.8 Å². The molecule has 0 amide bonds. The smallest absolute Gasteiger partial charge is 0.152 e. The number of rotatable bonds is 3. The summed E-state index contributed by atoms with van der Waals surface area (Å²) in [5.74, 6) is -0.167. The van der Waals surface area contributed by atoms with Crippen molar-refractivity contribution in [2.24, 2.45) is 5.73 Å². The molecule has 1 aromatic rings. The van der Waals surface area contributed by atoms with Gasteiger partial charge in [0, 0.05) is 5.41 Å². The van der Waals surface area contributed by atoms with Gasteiger partial charge in [-0.1, -0.05) is 12.1 Å². The highest BCUT2D eigenvalue weighted by atomic mass is 32.2. The largest absolute Gasteiger partial charge is 0.330 e. The van der Waals surface area contributed by atoms with Crippen LogP contribution in [0.2, 0.25) is 0 Å². The van der Waals surface area contributed by atoms with E-state index in [9.17, 15) is 12.8 Å². The maximum absolute atomic E-state index is 13.1. The Morgan fingerprint density at radius 2 is 2.06 bits per heavy atom. The van der Waals surface area contributed by atoms with Crippen molar-refractivity contribution >= 4 is 9.84 Å². The van der Waals surface area contributed by atoms with Crippen LogP contribution in [0.4, 0.5) is 4.39 Å². The van der Waals surface area contributed by atoms with Gasteiger partial charge in [0.1, 0.15) is 5.82 Å². The normalized spacial score (nSPS) is 21.4. The van der Waals surface area contributed by atoms with Crippen LogP contribution in [0.15, 0.2) is 24.3 Å². The SMILES string of the molecule is NCCC1(c2cccc(F)c2)CS(=O)(=O)C1. The number of hydrogen-bond acceptors (Lipinski definition) is 3. The fourth-order valence-electron chi connectivity index (χ4n) is 2.35. The molecule has 1 saturated heterocycles. The lowest BCUT2D eigenvalue weighted by Gasteiger charge is -2.41. The first-order valence-corrected chi connectivity index (χ1v) is 6.96. The number of benzene rings is 1. The van der Waals surface area contributed by atoms with E-state index >= 15 is 0 Å². The monoisotopic (exact) mass is 243 g/mol. The zero-order valence-electron chi connectivity index (χ0n) is 8.82. The highest BCUT2D eigenvalue weighted by molar-refractivity contribution is 7.93. The van der Waals surface area contributed by atoms with Gasteiger partial charge in [0.05, 0.1) is 11.5 Å². The lowest BCUT2D eigenvalue weighted by Crippen LogP contribution is -2.53. The first-order chi connectivity index (χ1) is 7.47. The molecule has 0 radical (unpaired) electrons. The molecule has 16 heavy (non-hydrogen) atoms. The van der Waals surface area contributed by atoms with Crippen LogP contribution in [-0.4, -0.2) is 26.5 Å². The second kappa shape index (κ2) is 3.82. The molecule has 0 atom stereocenters. The van der Waals surface area contributed by atoms with E-state index in [4.69, 9.17) is 5.73 Å². The van der Waals surface area contributed by atoms with Crippen molar-refractivity contribution in [2.75, 3.05) is 18.1 Å². The zero-order chi connectivity index (χ0) is 11.8. The fourth-order valence-corrected chi connectivity index (χ4v) is 4.57. The van der Waals surface area contributed by atoms with Crippen molar-refractivity contribution in [3.05, 3.63) is 35.6 Å². The maximum atomic E-state index is 13.1. The second-order valence-electron chi connectivity index (χ2n) is 4.36. The Morgan fingerprint density at radius 3 is 2.56 bits per heavy atom. The Balaban J connectivity index is 2.35. The van der Waals surface area contributed by atoms with Crippen LogP contribution >= 0.6 is 0 Å². The van der Waals surface area contributed by atoms with Crippen molar-refractivity contribution in [1.82, 2.24) is 0 Å². The molecule has 0 aliphatic carbocycles. The van der Waals surface area contributed by atoms with Crippen molar-refractivity contribution < 1.29 is 12.8 Å². The summed E-state index contributed by atoms with van der Waals surface area (Å²) in [6.07, 6.45) is 0.579. The van der Waals surface area contributed by atoms with E-state index in [-0.39, 0.29) is 17.3 Å². The van der Waals surface area contributed by atoms with Crippen LogP contribution in [-0.2, 0) is 15.3 Å². The molecule has 88 valence electrons. The fraction of sp³-hybridized carbons (Fsp3) is 0.455. The van der Waals surface area contributed by atoms with E-state index in [1.807, 2.05) is 0 Å². The number of hydrogen-bond donors (Lipinski definition) is 1. The van der Waals surface area contributed by atoms with Gasteiger partial charge in [0.2, 0.25) is 0 Å². The predicted octanol–water partition coefficient (Wildman–Crippen LogP) is 0.841. The Bertz CT molecular complexity index is 486. The average Bonchev–Trinajstić information content (AvgIpc) is 2.15. The van der Waals surface area contributed by atoms with Gasteiger partial charge in [-0.25, -0.2) is 12.8 Å². The van der Waals surface area contributed by atoms with E-state index in [1.54, 1.807) is 12.1 Å². The van der Waals surface area contributed by atoms with Gasteiger partial charge in [-0.05, 0) is 30.7 Å². The van der Waals surface area contributed by atoms with E-state index in [0.717, 1.165) is 5.56 Å². The summed E-state index contributed by atoms with van der Waals surface area (Å²) >= 11 is 0. The third-order valence-corrected chi connectivity index (χ3v) is 5.04. The summed E-state index contributed by atoms with van der Waals surface area (Å²) in [6, 6.07) is 6.14. The summed E-state index contributed by atoms with van der Waals surface area (Å²) in [5, 5.41) is 0. The van der Waals surface area contributed by atoms with Crippen molar-refractivity contribution in [1.29, 1.82) is 0 Å². The van der Waals surface area contributed by atoms with Crippen LogP contribution in [0.1, 0.15) is 12.0 Å². The molecule has 3 nitrogen and oxygen atoms in total. The zero-order valence-corrected chi connectivity index (χ0v) is 9.63. The summed E-state index contributed by atoms with van der Waals surface area (Å²) < 4.78 is 35.7. The predicted molar refractivity (Wildman–Crippen MR) is 60.4 cm³/mol. The quantitative estimate of drug-likeness (QED) is 0.855. The van der Waals surface area contributed by atoms with Crippen LogP contribution < -0.4 is 5.73 Å². The number of sulfone groups is 1. The minimum Gasteiger partial charge on any atom is -0.330 e. The lowest BCUT2D eigenvalue weighted by atomic mass is 9.80. The summed E-state index contributed by atoms with van der Waals surface area (Å²) in [5.41, 5.74) is 5.78. The highest BCUT2D eigenvalue weighted by Gasteiger charge is 2.48. The van der Waals surface area contributed by atoms with Crippen LogP contribution in [0.25, 0.3) is 0 Å². The van der Waals surface area contributed by atoms with Gasteiger partial charge in [-0.3, -0.25) is 0 Å². The molecule has 0 bridgehead atoms. The molecule has 1 heterocycles. The van der Waals surface area contributed by atoms with Crippen molar-refractivity contribution in [3.8, 4) is 0 Å². The molecule has 0 spiro atoms. The first-order valence-electron chi connectivity index (χ1n) is 5.14. The lowest BCUT2D eigenvalue weighted by molar-refractivity contribution is 0.430. The molecule has 1 fully saturated rings. The molecular formula is C11H14FNO2S. The van der Waals surface area contributed by atoms with E-state index < -0.39 is 15.3 Å². The molecule has 0 saturated carbocycles. The van der Waals surface area contributed by atoms with Crippen LogP contribution in [0, 0.1) is 5.82 Å². The Kier molecular flexibility index (Phi) is 2.75. The Labute approximate surface area is 94.4 Å². The minimum atomic E-state index is -2.95. The molecule has 1 aliphatic heterocycles. The summed E-state index contributed by atoms with van der Waals surface area (Å²) in [4.78, 5) is 0. The molecular weight excluding hydrogens is 229 g/mol. The minimum absolute atomic E-state index is 0.0840. The second-order valence-corrected chi connectivity index (χ2v) is 6.43. The van der Waals surface area contributed by atoms with Gasteiger partial charge in [-0.15, -0.1) is 0 Å². The molecule has 1 aromatic carbocycles. The van der Waals surface area contributed by atoms with E-state index in [1.165, 1.54) is 12.1 Å². The maximum Gasteiger partial charge on any atom is 0.152 e. The van der Waals surface area contributed by atoms with Crippen LogP contribution in [0.5, 0.6) is 0 Å². The molecule has 2 rings (SSSR count). The Hall–Kier alpha value is -0.940. The molecule has 2 N–H and O–H groups in total. The average molecular weight is 243 g/mol. The number of halogens is 1. The standard InChI is InChI=1S/C11H14FNO2S/c12-10-3-1-2-9(6-10)11(4-5-13)7-16(14,15)8-11/h1-3,6H,4-5,7-8,13H2. The van der Waals surface area contributed by atoms with Gasteiger partial charge < -0.3 is 5.73 Å². The van der Waals surface area contributed by atoms with Gasteiger partial charge in [-0.2, -0.15) is 0 Å². The molecule has 0 unspecified atom stereocenters. The first kappa shape index (κ1) is 11.5. The van der Waals surface area contributed by atoms with Crippen molar-refractivity contribution in [3.63, 3.8) is 0 Å². The Morgan fingerprint density at radius 1 is 1.38 bits per heavy atom. The van der Waals surface area contributed by atoms with E-state index in [0.29, 0.717) is 13.0 Å². The van der Waals surface area contributed by atoms with Gasteiger partial charge in [0.15, 0.2) is 9.84 Å². The van der Waals surface area contributed by atoms with Gasteiger partial charge >= 0.3 is 0 Å².